The van der Waals surface area contributed by atoms with Gasteiger partial charge in [0, 0.05) is 12.8 Å². The minimum Gasteiger partial charge on any atom is -0.546 e. The highest BCUT2D eigenvalue weighted by molar-refractivity contribution is 6.74. The van der Waals surface area contributed by atoms with Gasteiger partial charge in [-0.3, -0.25) is 0 Å². The molecule has 1 aliphatic heterocycles. The first-order valence-electron chi connectivity index (χ1n) is 8.10. The molecule has 0 radical (unpaired) electrons. The standard InChI is InChI=1S/C17H30O3Si/c1-17(2,3)21(4,5)20-15-8-6-7-14(13-15)9-10-16-18-11-12-19-16/h7,13,16H,6,8-12H2,1-5H3. The molecule has 1 heterocycles. The monoisotopic (exact) mass is 310 g/mol. The summed E-state index contributed by atoms with van der Waals surface area (Å²) in [6.45, 7) is 13.0. The van der Waals surface area contributed by atoms with Crippen LogP contribution in [0.1, 0.15) is 46.5 Å². The Balaban J connectivity index is 1.90. The largest absolute Gasteiger partial charge is 0.546 e. The van der Waals surface area contributed by atoms with E-state index in [2.05, 4.69) is 46.0 Å². The van der Waals surface area contributed by atoms with Crippen LogP contribution >= 0.6 is 0 Å². The van der Waals surface area contributed by atoms with Crippen LogP contribution in [-0.4, -0.2) is 27.8 Å². The number of allylic oxidation sites excluding steroid dienone is 4. The lowest BCUT2D eigenvalue weighted by molar-refractivity contribution is -0.0460. The third-order valence-electron chi connectivity index (χ3n) is 4.70. The molecule has 0 spiro atoms. The average Bonchev–Trinajstić information content (AvgIpc) is 2.88. The molecule has 0 saturated carbocycles. The molecule has 1 saturated heterocycles. The minimum atomic E-state index is -1.72. The summed E-state index contributed by atoms with van der Waals surface area (Å²) in [7, 11) is -1.72. The van der Waals surface area contributed by atoms with E-state index in [4.69, 9.17) is 13.9 Å². The molecule has 0 N–H and O–H groups in total. The van der Waals surface area contributed by atoms with E-state index in [0.29, 0.717) is 0 Å². The number of ether oxygens (including phenoxy) is 2. The Hall–Kier alpha value is -0.583. The molecule has 3 nitrogen and oxygen atoms in total. The first-order valence-corrected chi connectivity index (χ1v) is 11.0. The molecule has 2 aliphatic rings. The van der Waals surface area contributed by atoms with Crippen molar-refractivity contribution in [1.82, 2.24) is 0 Å². The molecule has 1 aliphatic carbocycles. The maximum absolute atomic E-state index is 6.44. The zero-order valence-electron chi connectivity index (χ0n) is 14.2. The van der Waals surface area contributed by atoms with Crippen LogP contribution in [0.15, 0.2) is 23.5 Å². The van der Waals surface area contributed by atoms with Gasteiger partial charge in [0.15, 0.2) is 6.29 Å². The summed E-state index contributed by atoms with van der Waals surface area (Å²) in [6.07, 6.45) is 8.64. The second-order valence-corrected chi connectivity index (χ2v) is 12.2. The first kappa shape index (κ1) is 16.8. The van der Waals surface area contributed by atoms with Gasteiger partial charge >= 0.3 is 0 Å². The Morgan fingerprint density at radius 2 is 1.90 bits per heavy atom. The van der Waals surface area contributed by atoms with Gasteiger partial charge in [0.2, 0.25) is 8.32 Å². The van der Waals surface area contributed by atoms with Crippen LogP contribution in [0, 0.1) is 0 Å². The van der Waals surface area contributed by atoms with Crippen LogP contribution in [0.5, 0.6) is 0 Å². The summed E-state index contributed by atoms with van der Waals surface area (Å²) in [5.41, 5.74) is 1.37. The molecule has 4 heteroatoms. The van der Waals surface area contributed by atoms with E-state index < -0.39 is 8.32 Å². The van der Waals surface area contributed by atoms with Gasteiger partial charge in [-0.25, -0.2) is 0 Å². The predicted octanol–water partition coefficient (Wildman–Crippen LogP) is 4.77. The molecule has 0 atom stereocenters. The second-order valence-electron chi connectivity index (χ2n) is 7.50. The Labute approximate surface area is 130 Å². The van der Waals surface area contributed by atoms with Crippen molar-refractivity contribution in [2.24, 2.45) is 0 Å². The number of hydrogen-bond donors (Lipinski definition) is 0. The molecule has 120 valence electrons. The van der Waals surface area contributed by atoms with E-state index in [0.717, 1.165) is 38.9 Å². The number of hydrogen-bond acceptors (Lipinski definition) is 3. The van der Waals surface area contributed by atoms with Gasteiger partial charge in [-0.05, 0) is 42.6 Å². The molecule has 0 aromatic heterocycles. The molecule has 0 bridgehead atoms. The van der Waals surface area contributed by atoms with Crippen LogP contribution < -0.4 is 0 Å². The summed E-state index contributed by atoms with van der Waals surface area (Å²) in [5, 5.41) is 0.251. The van der Waals surface area contributed by atoms with Crippen LogP contribution in [0.3, 0.4) is 0 Å². The maximum Gasteiger partial charge on any atom is 0.250 e. The summed E-state index contributed by atoms with van der Waals surface area (Å²) in [6, 6.07) is 0. The molecule has 0 aromatic rings. The van der Waals surface area contributed by atoms with Crippen LogP contribution in [0.25, 0.3) is 0 Å². The smallest absolute Gasteiger partial charge is 0.250 e. The highest BCUT2D eigenvalue weighted by atomic mass is 28.4. The third-order valence-corrected chi connectivity index (χ3v) is 9.08. The van der Waals surface area contributed by atoms with Crippen molar-refractivity contribution in [2.75, 3.05) is 13.2 Å². The van der Waals surface area contributed by atoms with Gasteiger partial charge in [0.05, 0.1) is 19.0 Å². The van der Waals surface area contributed by atoms with Crippen molar-refractivity contribution in [3.8, 4) is 0 Å². The summed E-state index contributed by atoms with van der Waals surface area (Å²) >= 11 is 0. The van der Waals surface area contributed by atoms with Crippen LogP contribution in [-0.2, 0) is 13.9 Å². The van der Waals surface area contributed by atoms with Crippen LogP contribution in [0.2, 0.25) is 18.1 Å². The molecule has 2 rings (SSSR count). The van der Waals surface area contributed by atoms with Gasteiger partial charge in [-0.15, -0.1) is 0 Å². The van der Waals surface area contributed by atoms with E-state index in [-0.39, 0.29) is 11.3 Å². The summed E-state index contributed by atoms with van der Waals surface area (Å²) < 4.78 is 17.4. The zero-order valence-corrected chi connectivity index (χ0v) is 15.2. The predicted molar refractivity (Wildman–Crippen MR) is 88.6 cm³/mol. The minimum absolute atomic E-state index is 0.00835. The van der Waals surface area contributed by atoms with Gasteiger partial charge in [0.25, 0.3) is 0 Å². The SMILES string of the molecule is CC(C)(C)[Si](C)(C)OC1=CC(CCC2OCCO2)=CCC1. The fraction of sp³-hybridized carbons (Fsp3) is 0.765. The fourth-order valence-corrected chi connectivity index (χ4v) is 3.45. The van der Waals surface area contributed by atoms with Crippen molar-refractivity contribution in [1.29, 1.82) is 0 Å². The lowest BCUT2D eigenvalue weighted by atomic mass is 10.0. The highest BCUT2D eigenvalue weighted by Crippen LogP contribution is 2.39. The second kappa shape index (κ2) is 6.67. The molecule has 21 heavy (non-hydrogen) atoms. The molecular formula is C17H30O3Si. The molecule has 0 aromatic carbocycles. The van der Waals surface area contributed by atoms with E-state index >= 15 is 0 Å². The van der Waals surface area contributed by atoms with Crippen molar-refractivity contribution in [3.05, 3.63) is 23.5 Å². The van der Waals surface area contributed by atoms with Crippen molar-refractivity contribution in [3.63, 3.8) is 0 Å². The molecule has 0 unspecified atom stereocenters. The Morgan fingerprint density at radius 1 is 1.24 bits per heavy atom. The Morgan fingerprint density at radius 3 is 2.52 bits per heavy atom. The lowest BCUT2D eigenvalue weighted by Gasteiger charge is -2.38. The van der Waals surface area contributed by atoms with E-state index in [1.807, 2.05) is 0 Å². The van der Waals surface area contributed by atoms with Gasteiger partial charge < -0.3 is 13.9 Å². The van der Waals surface area contributed by atoms with Crippen LogP contribution in [0.4, 0.5) is 0 Å². The number of rotatable bonds is 5. The van der Waals surface area contributed by atoms with E-state index in [1.54, 1.807) is 0 Å². The summed E-state index contributed by atoms with van der Waals surface area (Å²) in [5.74, 6) is 1.17. The topological polar surface area (TPSA) is 27.7 Å². The van der Waals surface area contributed by atoms with Crippen molar-refractivity contribution < 1.29 is 13.9 Å². The Bertz CT molecular complexity index is 412. The lowest BCUT2D eigenvalue weighted by Crippen LogP contribution is -2.40. The van der Waals surface area contributed by atoms with Gasteiger partial charge in [-0.2, -0.15) is 0 Å². The molecule has 0 amide bonds. The van der Waals surface area contributed by atoms with Crippen molar-refractivity contribution >= 4 is 8.32 Å². The van der Waals surface area contributed by atoms with Gasteiger partial charge in [0.1, 0.15) is 0 Å². The zero-order chi connectivity index (χ0) is 15.5. The quantitative estimate of drug-likeness (QED) is 0.685. The fourth-order valence-electron chi connectivity index (χ4n) is 2.33. The average molecular weight is 311 g/mol. The Kier molecular flexibility index (Phi) is 5.33. The maximum atomic E-state index is 6.44. The van der Waals surface area contributed by atoms with Crippen molar-refractivity contribution in [2.45, 2.75) is 70.9 Å². The van der Waals surface area contributed by atoms with Gasteiger partial charge in [-0.1, -0.05) is 26.8 Å². The first-order chi connectivity index (χ1) is 9.78. The normalized spacial score (nSPS) is 21.2. The molecule has 1 fully saturated rings. The highest BCUT2D eigenvalue weighted by Gasteiger charge is 2.39. The van der Waals surface area contributed by atoms with E-state index in [1.165, 1.54) is 11.3 Å². The third kappa shape index (κ3) is 4.70. The van der Waals surface area contributed by atoms with E-state index in [9.17, 15) is 0 Å². The molecular weight excluding hydrogens is 280 g/mol. The summed E-state index contributed by atoms with van der Waals surface area (Å²) in [4.78, 5) is 0.